The Balaban J connectivity index is 1.30. The van der Waals surface area contributed by atoms with Gasteiger partial charge in [0.15, 0.2) is 11.7 Å². The van der Waals surface area contributed by atoms with E-state index in [4.69, 9.17) is 9.40 Å². The maximum Gasteiger partial charge on any atom is 0.241 e. The second kappa shape index (κ2) is 7.66. The van der Waals surface area contributed by atoms with Gasteiger partial charge in [-0.05, 0) is 43.9 Å². The van der Waals surface area contributed by atoms with Gasteiger partial charge in [-0.3, -0.25) is 5.10 Å². The van der Waals surface area contributed by atoms with Crippen molar-refractivity contribution in [2.45, 2.75) is 75.6 Å². The van der Waals surface area contributed by atoms with Crippen LogP contribution in [0.3, 0.4) is 0 Å². The molecule has 0 saturated heterocycles. The molecule has 3 N–H and O–H groups in total. The molecule has 176 valence electrons. The lowest BCUT2D eigenvalue weighted by atomic mass is 9.92. The summed E-state index contributed by atoms with van der Waals surface area (Å²) < 4.78 is 46.9. The molecule has 0 bridgehead atoms. The van der Waals surface area contributed by atoms with Crippen LogP contribution >= 0.6 is 0 Å². The number of aromatic amines is 1. The van der Waals surface area contributed by atoms with E-state index in [0.717, 1.165) is 48.4 Å². The van der Waals surface area contributed by atoms with Gasteiger partial charge in [0.2, 0.25) is 10.0 Å². The Labute approximate surface area is 192 Å². The number of nitrogens with one attached hydrogen (secondary N) is 3. The van der Waals surface area contributed by atoms with Gasteiger partial charge in [0.05, 0.1) is 16.3 Å². The summed E-state index contributed by atoms with van der Waals surface area (Å²) in [5.41, 5.74) is 2.58. The molecule has 3 aromatic rings. The van der Waals surface area contributed by atoms with Crippen LogP contribution in [0.2, 0.25) is 0 Å². The molecule has 0 amide bonds. The van der Waals surface area contributed by atoms with Gasteiger partial charge in [-0.1, -0.05) is 20.8 Å². The molecule has 5 rings (SSSR count). The van der Waals surface area contributed by atoms with Crippen molar-refractivity contribution in [2.24, 2.45) is 0 Å². The highest BCUT2D eigenvalue weighted by Gasteiger charge is 2.33. The van der Waals surface area contributed by atoms with E-state index in [1.165, 1.54) is 6.07 Å². The summed E-state index contributed by atoms with van der Waals surface area (Å²) >= 11 is 0. The van der Waals surface area contributed by atoms with Gasteiger partial charge in [-0.25, -0.2) is 22.5 Å². The summed E-state index contributed by atoms with van der Waals surface area (Å²) in [7, 11) is -3.61. The Kier molecular flexibility index (Phi) is 5.13. The molecule has 1 aliphatic carbocycles. The van der Waals surface area contributed by atoms with Crippen LogP contribution in [0.1, 0.15) is 80.5 Å². The van der Waals surface area contributed by atoms with Gasteiger partial charge in [0.1, 0.15) is 11.6 Å². The van der Waals surface area contributed by atoms with Crippen LogP contribution in [-0.2, 0) is 22.0 Å². The van der Waals surface area contributed by atoms with Crippen LogP contribution < -0.4 is 10.0 Å². The predicted molar refractivity (Wildman–Crippen MR) is 122 cm³/mol. The van der Waals surface area contributed by atoms with Crippen molar-refractivity contribution >= 4 is 21.5 Å². The van der Waals surface area contributed by atoms with Crippen LogP contribution in [0.15, 0.2) is 27.5 Å². The van der Waals surface area contributed by atoms with Crippen molar-refractivity contribution < 1.29 is 17.2 Å². The minimum absolute atomic E-state index is 0.0124. The molecule has 1 fully saturated rings. The largest absolute Gasteiger partial charge is 0.445 e. The Bertz CT molecular complexity index is 1320. The van der Waals surface area contributed by atoms with Crippen molar-refractivity contribution in [1.29, 1.82) is 0 Å². The zero-order valence-corrected chi connectivity index (χ0v) is 19.9. The fraction of sp³-hybridized carbons (Fsp3) is 0.478. The van der Waals surface area contributed by atoms with Crippen LogP contribution in [0.5, 0.6) is 0 Å². The van der Waals surface area contributed by atoms with E-state index in [1.807, 2.05) is 13.0 Å². The lowest BCUT2D eigenvalue weighted by Gasteiger charge is -2.15. The van der Waals surface area contributed by atoms with Crippen molar-refractivity contribution in [1.82, 2.24) is 19.9 Å². The minimum atomic E-state index is -3.61. The lowest BCUT2D eigenvalue weighted by Crippen LogP contribution is -2.13. The summed E-state index contributed by atoms with van der Waals surface area (Å²) in [6, 6.07) is 4.45. The van der Waals surface area contributed by atoms with Gasteiger partial charge in [0, 0.05) is 35.6 Å². The van der Waals surface area contributed by atoms with E-state index in [0.29, 0.717) is 11.4 Å². The topological polar surface area (TPSA) is 113 Å². The lowest BCUT2D eigenvalue weighted by molar-refractivity contribution is 0.361. The summed E-state index contributed by atoms with van der Waals surface area (Å²) in [4.78, 5) is 4.69. The first-order valence-corrected chi connectivity index (χ1v) is 12.6. The number of halogens is 1. The molecule has 10 heteroatoms. The van der Waals surface area contributed by atoms with Gasteiger partial charge in [-0.2, -0.15) is 5.10 Å². The van der Waals surface area contributed by atoms with E-state index in [-0.39, 0.29) is 34.4 Å². The normalized spacial score (nSPS) is 22.0. The number of anilines is 2. The molecular weight excluding hydrogens is 445 g/mol. The number of benzene rings is 1. The molecule has 2 aromatic heterocycles. The zero-order valence-electron chi connectivity index (χ0n) is 19.1. The number of aromatic nitrogens is 3. The summed E-state index contributed by atoms with van der Waals surface area (Å²) in [6.45, 7) is 8.52. The maximum atomic E-state index is 14.5. The summed E-state index contributed by atoms with van der Waals surface area (Å²) in [5.74, 6) is 2.13. The van der Waals surface area contributed by atoms with E-state index in [9.17, 15) is 12.8 Å². The number of nitrogens with zero attached hydrogens (tertiary/aromatic N) is 2. The summed E-state index contributed by atoms with van der Waals surface area (Å²) in [5, 5.41) is 10.3. The summed E-state index contributed by atoms with van der Waals surface area (Å²) in [6.07, 6.45) is 2.87. The third kappa shape index (κ3) is 4.06. The van der Waals surface area contributed by atoms with Crippen LogP contribution in [-0.4, -0.2) is 23.6 Å². The molecule has 3 heterocycles. The number of hydrogen-bond acceptors (Lipinski definition) is 6. The number of aryl methyl sites for hydroxylation is 1. The number of sulfonamides is 1. The molecule has 2 aliphatic rings. The molecule has 1 aromatic carbocycles. The molecule has 1 saturated carbocycles. The van der Waals surface area contributed by atoms with Gasteiger partial charge in [-0.15, -0.1) is 0 Å². The van der Waals surface area contributed by atoms with Crippen LogP contribution in [0.4, 0.5) is 15.9 Å². The molecule has 33 heavy (non-hydrogen) atoms. The molecule has 0 spiro atoms. The van der Waals surface area contributed by atoms with E-state index in [2.05, 4.69) is 41.0 Å². The smallest absolute Gasteiger partial charge is 0.241 e. The highest BCUT2D eigenvalue weighted by atomic mass is 32.2. The third-order valence-corrected chi connectivity index (χ3v) is 7.95. The molecule has 1 aliphatic heterocycles. The second-order valence-corrected chi connectivity index (χ2v) is 11.8. The first-order chi connectivity index (χ1) is 15.5. The monoisotopic (exact) mass is 473 g/mol. The quantitative estimate of drug-likeness (QED) is 0.505. The standard InChI is InChI=1S/C23H28FN5O3S/c1-12-21(23(2,3)4)32-22(26-12)14-6-5-13(7-14)17-10-20(29-28-17)27-18-8-15-11-25-33(30,31)19(15)9-16(18)24/h8-10,13-14,25H,5-7,11H2,1-4H3,(H2,27,28,29). The molecular formula is C23H28FN5O3S. The molecule has 2 atom stereocenters. The van der Waals surface area contributed by atoms with Crippen molar-refractivity contribution in [3.63, 3.8) is 0 Å². The number of hydrogen-bond donors (Lipinski definition) is 3. The Morgan fingerprint density at radius 1 is 1.18 bits per heavy atom. The molecule has 0 radical (unpaired) electrons. The van der Waals surface area contributed by atoms with E-state index >= 15 is 0 Å². The fourth-order valence-electron chi connectivity index (χ4n) is 4.86. The average molecular weight is 474 g/mol. The Morgan fingerprint density at radius 3 is 2.67 bits per heavy atom. The Hall–Kier alpha value is -2.72. The minimum Gasteiger partial charge on any atom is -0.445 e. The maximum absolute atomic E-state index is 14.5. The van der Waals surface area contributed by atoms with Gasteiger partial charge in [0.25, 0.3) is 0 Å². The molecule has 2 unspecified atom stereocenters. The van der Waals surface area contributed by atoms with Crippen molar-refractivity contribution in [3.8, 4) is 0 Å². The highest BCUT2D eigenvalue weighted by molar-refractivity contribution is 7.89. The van der Waals surface area contributed by atoms with Crippen LogP contribution in [0.25, 0.3) is 0 Å². The fourth-order valence-corrected chi connectivity index (χ4v) is 6.09. The molecule has 8 nitrogen and oxygen atoms in total. The highest BCUT2D eigenvalue weighted by Crippen LogP contribution is 2.44. The van der Waals surface area contributed by atoms with Crippen molar-refractivity contribution in [2.75, 3.05) is 5.32 Å². The SMILES string of the molecule is Cc1nc(C2CCC(c3cc(Nc4cc5c(cc4F)S(=O)(=O)NC5)n[nH]3)C2)oc1C(C)(C)C. The second-order valence-electron chi connectivity index (χ2n) is 10.0. The zero-order chi connectivity index (χ0) is 23.5. The number of oxazole rings is 1. The average Bonchev–Trinajstić information content (AvgIpc) is 3.49. The Morgan fingerprint density at radius 2 is 1.94 bits per heavy atom. The van der Waals surface area contributed by atoms with Gasteiger partial charge < -0.3 is 9.73 Å². The van der Waals surface area contributed by atoms with E-state index in [1.54, 1.807) is 0 Å². The van der Waals surface area contributed by atoms with E-state index < -0.39 is 15.8 Å². The number of H-pyrrole nitrogens is 1. The first-order valence-electron chi connectivity index (χ1n) is 11.1. The number of fused-ring (bicyclic) bond motifs is 1. The first kappa shape index (κ1) is 22.1. The number of rotatable bonds is 4. The van der Waals surface area contributed by atoms with Crippen molar-refractivity contribution in [3.05, 3.63) is 52.6 Å². The van der Waals surface area contributed by atoms with Crippen LogP contribution in [0, 0.1) is 12.7 Å². The van der Waals surface area contributed by atoms with Gasteiger partial charge >= 0.3 is 0 Å². The predicted octanol–water partition coefficient (Wildman–Crippen LogP) is 4.73. The third-order valence-electron chi connectivity index (χ3n) is 6.47.